The molecule has 6 heteroatoms. The molecule has 0 fully saturated rings. The van der Waals surface area contributed by atoms with Crippen molar-refractivity contribution in [1.29, 1.82) is 0 Å². The normalized spacial score (nSPS) is 10.8. The van der Waals surface area contributed by atoms with Crippen LogP contribution >= 0.6 is 39.9 Å². The molecule has 0 unspecified atom stereocenters. The molecule has 0 aliphatic rings. The van der Waals surface area contributed by atoms with Crippen molar-refractivity contribution in [3.05, 3.63) is 35.1 Å². The maximum Gasteiger partial charge on any atom is 0.194 e. The predicted octanol–water partition coefficient (Wildman–Crippen LogP) is 2.99. The second kappa shape index (κ2) is 9.41. The molecular weight excluding hydrogens is 419 g/mol. The highest BCUT2D eigenvalue weighted by Crippen LogP contribution is 2.14. The number of nitrogens with zero attached hydrogens (tertiary/aromatic N) is 3. The molecular formula is C13H22BrIN4. The molecule has 1 heterocycles. The van der Waals surface area contributed by atoms with E-state index in [2.05, 4.69) is 61.5 Å². The molecule has 0 atom stereocenters. The van der Waals surface area contributed by atoms with E-state index in [-0.39, 0.29) is 24.0 Å². The molecule has 0 spiro atoms. The minimum Gasteiger partial charge on any atom is -0.357 e. The van der Waals surface area contributed by atoms with E-state index >= 15 is 0 Å². The monoisotopic (exact) mass is 440 g/mol. The number of aryl methyl sites for hydroxylation is 1. The molecule has 1 aromatic heterocycles. The lowest BCUT2D eigenvalue weighted by atomic mass is 10.4. The van der Waals surface area contributed by atoms with Crippen LogP contribution < -0.4 is 5.32 Å². The largest absolute Gasteiger partial charge is 0.357 e. The Balaban J connectivity index is 0.00000324. The summed E-state index contributed by atoms with van der Waals surface area (Å²) in [6.45, 7) is 8.05. The predicted molar refractivity (Wildman–Crippen MR) is 96.2 cm³/mol. The molecule has 0 saturated heterocycles. The first kappa shape index (κ1) is 18.5. The number of hydrogen-bond acceptors (Lipinski definition) is 1. The third kappa shape index (κ3) is 5.99. The highest BCUT2D eigenvalue weighted by molar-refractivity contribution is 14.0. The maximum absolute atomic E-state index is 4.46. The van der Waals surface area contributed by atoms with Crippen molar-refractivity contribution < 1.29 is 0 Å². The summed E-state index contributed by atoms with van der Waals surface area (Å²) in [7, 11) is 4.08. The first-order valence-electron chi connectivity index (χ1n) is 5.99. The number of aliphatic imine (C=N–C) groups is 1. The van der Waals surface area contributed by atoms with Crippen LogP contribution in [0.2, 0.25) is 0 Å². The SMILES string of the molecule is C=CCN=C(NCC)N(C)Cc1cc(Br)cn1C.I. The van der Waals surface area contributed by atoms with Crippen molar-refractivity contribution in [1.82, 2.24) is 14.8 Å². The highest BCUT2D eigenvalue weighted by Gasteiger charge is 2.08. The molecule has 0 aliphatic carbocycles. The van der Waals surface area contributed by atoms with E-state index < -0.39 is 0 Å². The third-order valence-corrected chi connectivity index (χ3v) is 2.97. The molecule has 19 heavy (non-hydrogen) atoms. The van der Waals surface area contributed by atoms with Gasteiger partial charge in [0.25, 0.3) is 0 Å². The van der Waals surface area contributed by atoms with Crippen LogP contribution in [0.5, 0.6) is 0 Å². The minimum absolute atomic E-state index is 0. The number of nitrogens with one attached hydrogen (secondary N) is 1. The highest BCUT2D eigenvalue weighted by atomic mass is 127. The van der Waals surface area contributed by atoms with Gasteiger partial charge in [-0.1, -0.05) is 6.08 Å². The first-order chi connectivity index (χ1) is 8.58. The Bertz CT molecular complexity index is 428. The van der Waals surface area contributed by atoms with Crippen LogP contribution in [0.3, 0.4) is 0 Å². The lowest BCUT2D eigenvalue weighted by molar-refractivity contribution is 0.463. The van der Waals surface area contributed by atoms with Crippen LogP contribution in [0.1, 0.15) is 12.6 Å². The van der Waals surface area contributed by atoms with Gasteiger partial charge in [0.2, 0.25) is 0 Å². The van der Waals surface area contributed by atoms with Gasteiger partial charge in [0.1, 0.15) is 0 Å². The molecule has 0 aromatic carbocycles. The van der Waals surface area contributed by atoms with Gasteiger partial charge < -0.3 is 14.8 Å². The lowest BCUT2D eigenvalue weighted by Crippen LogP contribution is -2.38. The van der Waals surface area contributed by atoms with Crippen molar-refractivity contribution in [3.63, 3.8) is 0 Å². The van der Waals surface area contributed by atoms with E-state index in [0.29, 0.717) is 6.54 Å². The van der Waals surface area contributed by atoms with E-state index in [9.17, 15) is 0 Å². The van der Waals surface area contributed by atoms with Crippen LogP contribution in [-0.2, 0) is 13.6 Å². The maximum atomic E-state index is 4.46. The van der Waals surface area contributed by atoms with Gasteiger partial charge in [-0.25, -0.2) is 4.99 Å². The molecule has 0 bridgehead atoms. The van der Waals surface area contributed by atoms with Crippen molar-refractivity contribution >= 4 is 45.9 Å². The van der Waals surface area contributed by atoms with E-state index in [1.807, 2.05) is 14.1 Å². The van der Waals surface area contributed by atoms with Crippen molar-refractivity contribution in [2.75, 3.05) is 20.1 Å². The van der Waals surface area contributed by atoms with Gasteiger partial charge in [-0.15, -0.1) is 30.6 Å². The molecule has 1 aromatic rings. The molecule has 0 saturated carbocycles. The van der Waals surface area contributed by atoms with Gasteiger partial charge in [-0.3, -0.25) is 0 Å². The molecule has 108 valence electrons. The summed E-state index contributed by atoms with van der Waals surface area (Å²) in [6, 6.07) is 2.12. The number of rotatable bonds is 5. The smallest absolute Gasteiger partial charge is 0.194 e. The molecule has 0 radical (unpaired) electrons. The number of halogens is 2. The van der Waals surface area contributed by atoms with Crippen molar-refractivity contribution in [2.45, 2.75) is 13.5 Å². The summed E-state index contributed by atoms with van der Waals surface area (Å²) in [5, 5.41) is 3.27. The van der Waals surface area contributed by atoms with Crippen LogP contribution in [0.15, 0.2) is 34.4 Å². The Morgan fingerprint density at radius 3 is 2.79 bits per heavy atom. The Labute approximate surface area is 141 Å². The third-order valence-electron chi connectivity index (χ3n) is 2.54. The fraction of sp³-hybridized carbons (Fsp3) is 0.462. The van der Waals surface area contributed by atoms with Crippen LogP contribution in [-0.4, -0.2) is 35.6 Å². The van der Waals surface area contributed by atoms with Crippen LogP contribution in [0, 0.1) is 0 Å². The average molecular weight is 441 g/mol. The van der Waals surface area contributed by atoms with Crippen LogP contribution in [0.25, 0.3) is 0 Å². The standard InChI is InChI=1S/C13H21BrN4.HI/c1-5-7-16-13(15-6-2)18(4)10-12-8-11(14)9-17(12)3;/h5,8-9H,1,6-7,10H2,2-4H3,(H,15,16);1H. The summed E-state index contributed by atoms with van der Waals surface area (Å²) in [4.78, 5) is 6.56. The van der Waals surface area contributed by atoms with E-state index in [4.69, 9.17) is 0 Å². The van der Waals surface area contributed by atoms with Gasteiger partial charge in [-0.2, -0.15) is 0 Å². The van der Waals surface area contributed by atoms with Gasteiger partial charge >= 0.3 is 0 Å². The average Bonchev–Trinajstić information content (AvgIpc) is 2.63. The fourth-order valence-corrected chi connectivity index (χ4v) is 2.23. The van der Waals surface area contributed by atoms with E-state index in [0.717, 1.165) is 23.5 Å². The van der Waals surface area contributed by atoms with Gasteiger partial charge in [-0.05, 0) is 28.9 Å². The zero-order valence-corrected chi connectivity index (χ0v) is 15.6. The Hall–Kier alpha value is -0.500. The minimum atomic E-state index is 0. The molecule has 1 N–H and O–H groups in total. The summed E-state index contributed by atoms with van der Waals surface area (Å²) in [5.41, 5.74) is 1.23. The second-order valence-corrected chi connectivity index (χ2v) is 5.02. The number of guanidine groups is 1. The van der Waals surface area contributed by atoms with Crippen molar-refractivity contribution in [2.24, 2.45) is 12.0 Å². The summed E-state index contributed by atoms with van der Waals surface area (Å²) in [5.74, 6) is 0.898. The summed E-state index contributed by atoms with van der Waals surface area (Å²) in [6.07, 6.45) is 3.85. The Morgan fingerprint density at radius 2 is 2.32 bits per heavy atom. The van der Waals surface area contributed by atoms with Gasteiger partial charge in [0, 0.05) is 37.0 Å². The summed E-state index contributed by atoms with van der Waals surface area (Å²) >= 11 is 3.48. The molecule has 0 aliphatic heterocycles. The number of hydrogen-bond donors (Lipinski definition) is 1. The quantitative estimate of drug-likeness (QED) is 0.330. The lowest BCUT2D eigenvalue weighted by Gasteiger charge is -2.22. The van der Waals surface area contributed by atoms with E-state index in [1.165, 1.54) is 5.69 Å². The number of aromatic nitrogens is 1. The second-order valence-electron chi connectivity index (χ2n) is 4.10. The molecule has 1 rings (SSSR count). The Morgan fingerprint density at radius 1 is 1.63 bits per heavy atom. The fourth-order valence-electron chi connectivity index (χ4n) is 1.66. The summed E-state index contributed by atoms with van der Waals surface area (Å²) < 4.78 is 3.21. The zero-order chi connectivity index (χ0) is 13.5. The topological polar surface area (TPSA) is 32.6 Å². The molecule has 0 amide bonds. The first-order valence-corrected chi connectivity index (χ1v) is 6.78. The van der Waals surface area contributed by atoms with Crippen LogP contribution in [0.4, 0.5) is 0 Å². The van der Waals surface area contributed by atoms with E-state index in [1.54, 1.807) is 6.08 Å². The Kier molecular flexibility index (Phi) is 9.16. The molecule has 4 nitrogen and oxygen atoms in total. The van der Waals surface area contributed by atoms with Crippen molar-refractivity contribution in [3.8, 4) is 0 Å². The van der Waals surface area contributed by atoms with Gasteiger partial charge in [0.05, 0.1) is 13.1 Å². The zero-order valence-electron chi connectivity index (χ0n) is 11.7. The van der Waals surface area contributed by atoms with Gasteiger partial charge in [0.15, 0.2) is 5.96 Å².